The Kier molecular flexibility index (Phi) is 7.60. The van der Waals surface area contributed by atoms with Crippen molar-refractivity contribution in [1.29, 1.82) is 0 Å². The first-order valence-electron chi connectivity index (χ1n) is 10.3. The van der Waals surface area contributed by atoms with Crippen molar-refractivity contribution >= 4 is 27.7 Å². The standard InChI is InChI=1S/C20H30ClN3O3S/c21-18-10-6-7-11-19(18)28(26,27)24-13-12-16(15-24)14-22-20(25)23-17-8-4-2-1-3-5-9-17/h6-7,10-11,16-17H,1-5,8-9,12-15H2,(H2,22,23,25). The van der Waals surface area contributed by atoms with Crippen LogP contribution in [0, 0.1) is 5.92 Å². The SMILES string of the molecule is O=C(NCC1CCN(S(=O)(=O)c2ccccc2Cl)C1)NC1CCCCCCC1. The normalized spacial score (nSPS) is 22.4. The number of carbonyl (C=O) groups excluding carboxylic acids is 1. The number of nitrogens with one attached hydrogen (secondary N) is 2. The molecule has 1 saturated carbocycles. The minimum absolute atomic E-state index is 0.111. The maximum atomic E-state index is 12.8. The Morgan fingerprint density at radius 3 is 2.46 bits per heavy atom. The van der Waals surface area contributed by atoms with Gasteiger partial charge in [0.1, 0.15) is 4.90 Å². The van der Waals surface area contributed by atoms with Crippen molar-refractivity contribution in [1.82, 2.24) is 14.9 Å². The van der Waals surface area contributed by atoms with Crippen LogP contribution in [-0.2, 0) is 10.0 Å². The molecule has 0 radical (unpaired) electrons. The molecule has 0 aromatic heterocycles. The van der Waals surface area contributed by atoms with Gasteiger partial charge in [0.15, 0.2) is 0 Å². The Labute approximate surface area is 173 Å². The lowest BCUT2D eigenvalue weighted by atomic mass is 9.97. The predicted octanol–water partition coefficient (Wildman–Crippen LogP) is 3.76. The van der Waals surface area contributed by atoms with Gasteiger partial charge >= 0.3 is 6.03 Å². The molecular weight excluding hydrogens is 398 g/mol. The lowest BCUT2D eigenvalue weighted by molar-refractivity contribution is 0.232. The maximum Gasteiger partial charge on any atom is 0.315 e. The molecule has 1 aliphatic heterocycles. The van der Waals surface area contributed by atoms with E-state index in [0.29, 0.717) is 19.6 Å². The number of amides is 2. The summed E-state index contributed by atoms with van der Waals surface area (Å²) in [4.78, 5) is 12.4. The number of benzene rings is 1. The van der Waals surface area contributed by atoms with Crippen LogP contribution < -0.4 is 10.6 Å². The van der Waals surface area contributed by atoms with Crippen molar-refractivity contribution < 1.29 is 13.2 Å². The summed E-state index contributed by atoms with van der Waals surface area (Å²) < 4.78 is 27.1. The van der Waals surface area contributed by atoms with Gasteiger partial charge in [0.25, 0.3) is 0 Å². The molecule has 1 aliphatic carbocycles. The third kappa shape index (κ3) is 5.61. The van der Waals surface area contributed by atoms with E-state index in [0.717, 1.165) is 19.3 Å². The first-order chi connectivity index (χ1) is 13.5. The Hall–Kier alpha value is -1.31. The van der Waals surface area contributed by atoms with E-state index in [-0.39, 0.29) is 27.9 Å². The molecule has 156 valence electrons. The Balaban J connectivity index is 1.47. The van der Waals surface area contributed by atoms with Crippen LogP contribution in [0.1, 0.15) is 51.4 Å². The number of urea groups is 1. The molecule has 3 rings (SSSR count). The molecule has 2 amide bonds. The fourth-order valence-electron chi connectivity index (χ4n) is 4.05. The molecule has 1 unspecified atom stereocenters. The fourth-order valence-corrected chi connectivity index (χ4v) is 6.07. The second kappa shape index (κ2) is 9.94. The zero-order valence-electron chi connectivity index (χ0n) is 16.2. The van der Waals surface area contributed by atoms with E-state index in [1.54, 1.807) is 18.2 Å². The average Bonchev–Trinajstić information content (AvgIpc) is 3.12. The van der Waals surface area contributed by atoms with Gasteiger partial charge in [-0.25, -0.2) is 13.2 Å². The molecule has 1 aromatic carbocycles. The van der Waals surface area contributed by atoms with Crippen LogP contribution in [0.4, 0.5) is 4.79 Å². The summed E-state index contributed by atoms with van der Waals surface area (Å²) in [5, 5.41) is 6.26. The highest BCUT2D eigenvalue weighted by Crippen LogP contribution is 2.28. The average molecular weight is 428 g/mol. The van der Waals surface area contributed by atoms with Gasteiger partial charge in [-0.1, -0.05) is 55.8 Å². The van der Waals surface area contributed by atoms with E-state index < -0.39 is 10.0 Å². The van der Waals surface area contributed by atoms with Gasteiger partial charge in [-0.2, -0.15) is 4.31 Å². The van der Waals surface area contributed by atoms with E-state index in [1.165, 1.54) is 42.5 Å². The second-order valence-electron chi connectivity index (χ2n) is 7.84. The number of rotatable bonds is 5. The fraction of sp³-hybridized carbons (Fsp3) is 0.650. The van der Waals surface area contributed by atoms with E-state index >= 15 is 0 Å². The lowest BCUT2D eigenvalue weighted by Crippen LogP contribution is -2.44. The zero-order valence-corrected chi connectivity index (χ0v) is 17.8. The van der Waals surface area contributed by atoms with Crippen LogP contribution in [0.15, 0.2) is 29.2 Å². The molecule has 2 aliphatic rings. The van der Waals surface area contributed by atoms with Crippen molar-refractivity contribution in [3.05, 3.63) is 29.3 Å². The summed E-state index contributed by atoms with van der Waals surface area (Å²) >= 11 is 6.07. The van der Waals surface area contributed by atoms with Crippen LogP contribution in [0.5, 0.6) is 0 Å². The molecular formula is C20H30ClN3O3S. The Bertz CT molecular complexity index is 764. The topological polar surface area (TPSA) is 78.5 Å². The van der Waals surface area contributed by atoms with Gasteiger partial charge in [-0.05, 0) is 37.3 Å². The van der Waals surface area contributed by atoms with Crippen LogP contribution in [-0.4, -0.2) is 44.4 Å². The molecule has 2 fully saturated rings. The number of carbonyl (C=O) groups is 1. The number of nitrogens with zero attached hydrogens (tertiary/aromatic N) is 1. The smallest absolute Gasteiger partial charge is 0.315 e. The van der Waals surface area contributed by atoms with E-state index in [4.69, 9.17) is 11.6 Å². The predicted molar refractivity (Wildman–Crippen MR) is 111 cm³/mol. The summed E-state index contributed by atoms with van der Waals surface area (Å²) in [5.74, 6) is 0.111. The molecule has 1 atom stereocenters. The molecule has 1 saturated heterocycles. The number of hydrogen-bond donors (Lipinski definition) is 2. The molecule has 0 bridgehead atoms. The summed E-state index contributed by atoms with van der Waals surface area (Å²) in [5.41, 5.74) is 0. The highest BCUT2D eigenvalue weighted by molar-refractivity contribution is 7.89. The Morgan fingerprint density at radius 2 is 1.75 bits per heavy atom. The minimum Gasteiger partial charge on any atom is -0.338 e. The number of sulfonamides is 1. The summed E-state index contributed by atoms with van der Waals surface area (Å²) in [6.07, 6.45) is 8.95. The van der Waals surface area contributed by atoms with Gasteiger partial charge in [-0.3, -0.25) is 0 Å². The number of hydrogen-bond acceptors (Lipinski definition) is 3. The summed E-state index contributed by atoms with van der Waals surface area (Å²) in [7, 11) is -3.60. The molecule has 6 nitrogen and oxygen atoms in total. The Morgan fingerprint density at radius 1 is 1.07 bits per heavy atom. The summed E-state index contributed by atoms with van der Waals surface area (Å²) in [6, 6.07) is 6.62. The number of halogens is 1. The molecule has 0 spiro atoms. The van der Waals surface area contributed by atoms with E-state index in [1.807, 2.05) is 0 Å². The van der Waals surface area contributed by atoms with E-state index in [9.17, 15) is 13.2 Å². The zero-order chi connectivity index (χ0) is 20.0. The second-order valence-corrected chi connectivity index (χ2v) is 10.2. The molecule has 1 aromatic rings. The van der Waals surface area contributed by atoms with Crippen molar-refractivity contribution in [2.75, 3.05) is 19.6 Å². The highest BCUT2D eigenvalue weighted by Gasteiger charge is 2.33. The van der Waals surface area contributed by atoms with Crippen LogP contribution >= 0.6 is 11.6 Å². The monoisotopic (exact) mass is 427 g/mol. The van der Waals surface area contributed by atoms with Crippen molar-refractivity contribution in [3.8, 4) is 0 Å². The minimum atomic E-state index is -3.60. The van der Waals surface area contributed by atoms with Crippen molar-refractivity contribution in [2.45, 2.75) is 62.3 Å². The molecule has 1 heterocycles. The quantitative estimate of drug-likeness (QED) is 0.750. The molecule has 28 heavy (non-hydrogen) atoms. The van der Waals surface area contributed by atoms with Gasteiger partial charge < -0.3 is 10.6 Å². The van der Waals surface area contributed by atoms with Crippen molar-refractivity contribution in [3.63, 3.8) is 0 Å². The van der Waals surface area contributed by atoms with Crippen LogP contribution in [0.25, 0.3) is 0 Å². The third-order valence-corrected chi connectivity index (χ3v) is 8.06. The highest BCUT2D eigenvalue weighted by atomic mass is 35.5. The first-order valence-corrected chi connectivity index (χ1v) is 12.1. The largest absolute Gasteiger partial charge is 0.338 e. The van der Waals surface area contributed by atoms with Gasteiger partial charge in [0.2, 0.25) is 10.0 Å². The van der Waals surface area contributed by atoms with Crippen molar-refractivity contribution in [2.24, 2.45) is 5.92 Å². The maximum absolute atomic E-state index is 12.8. The molecule has 2 N–H and O–H groups in total. The van der Waals surface area contributed by atoms with Gasteiger partial charge in [-0.15, -0.1) is 0 Å². The van der Waals surface area contributed by atoms with E-state index in [2.05, 4.69) is 10.6 Å². The lowest BCUT2D eigenvalue weighted by Gasteiger charge is -2.22. The molecule has 8 heteroatoms. The third-order valence-electron chi connectivity index (χ3n) is 5.69. The van der Waals surface area contributed by atoms with Crippen LogP contribution in [0.2, 0.25) is 5.02 Å². The summed E-state index contributed by atoms with van der Waals surface area (Å²) in [6.45, 7) is 1.33. The van der Waals surface area contributed by atoms with Crippen LogP contribution in [0.3, 0.4) is 0 Å². The van der Waals surface area contributed by atoms with Gasteiger partial charge in [0, 0.05) is 25.7 Å². The van der Waals surface area contributed by atoms with Gasteiger partial charge in [0.05, 0.1) is 5.02 Å². The first kappa shape index (κ1) is 21.4.